The fourth-order valence-electron chi connectivity index (χ4n) is 3.29. The van der Waals surface area contributed by atoms with Crippen LogP contribution in [0.4, 0.5) is 14.5 Å². The molecule has 29 heavy (non-hydrogen) atoms. The molecule has 1 aliphatic rings. The standard InChI is InChI=1S/C21H18F2N2O4/c1-4-16-19(12(3)29-25-16)20(26)24-14-7-5-13(6-8-14)15-10-18-17(9-11(15)2)27-21(22,23)28-18/h5-10H,4H2,1-3H3,(H,24,26). The van der Waals surface area contributed by atoms with Gasteiger partial charge in [0.2, 0.25) is 0 Å². The third-order valence-electron chi connectivity index (χ3n) is 4.70. The smallest absolute Gasteiger partial charge is 0.395 e. The molecule has 2 aromatic carbocycles. The molecule has 1 N–H and O–H groups in total. The Kier molecular flexibility index (Phi) is 4.49. The number of nitrogens with zero attached hydrogens (tertiary/aromatic N) is 1. The summed E-state index contributed by atoms with van der Waals surface area (Å²) in [7, 11) is 0. The van der Waals surface area contributed by atoms with Crippen LogP contribution >= 0.6 is 0 Å². The van der Waals surface area contributed by atoms with Crippen LogP contribution in [0.5, 0.6) is 11.5 Å². The van der Waals surface area contributed by atoms with Crippen molar-refractivity contribution in [1.82, 2.24) is 5.16 Å². The normalized spacial score (nSPS) is 14.1. The Labute approximate surface area is 165 Å². The van der Waals surface area contributed by atoms with E-state index in [-0.39, 0.29) is 17.4 Å². The minimum Gasteiger partial charge on any atom is -0.395 e. The van der Waals surface area contributed by atoms with Gasteiger partial charge in [0, 0.05) is 5.69 Å². The van der Waals surface area contributed by atoms with E-state index in [0.717, 1.165) is 16.7 Å². The highest BCUT2D eigenvalue weighted by molar-refractivity contribution is 6.05. The molecule has 6 nitrogen and oxygen atoms in total. The average Bonchev–Trinajstić information content (AvgIpc) is 3.19. The summed E-state index contributed by atoms with van der Waals surface area (Å²) in [6, 6.07) is 10.1. The molecule has 0 aliphatic carbocycles. The second kappa shape index (κ2) is 6.88. The van der Waals surface area contributed by atoms with Gasteiger partial charge in [-0.25, -0.2) is 0 Å². The van der Waals surface area contributed by atoms with E-state index in [4.69, 9.17) is 4.52 Å². The molecule has 0 saturated carbocycles. The number of aromatic nitrogens is 1. The summed E-state index contributed by atoms with van der Waals surface area (Å²) in [6.45, 7) is 5.38. The number of carbonyl (C=O) groups is 1. The molecule has 2 heterocycles. The van der Waals surface area contributed by atoms with E-state index in [9.17, 15) is 13.6 Å². The molecule has 4 rings (SSSR count). The van der Waals surface area contributed by atoms with E-state index in [1.807, 2.05) is 6.92 Å². The average molecular weight is 400 g/mol. The molecule has 1 amide bonds. The number of alkyl halides is 2. The summed E-state index contributed by atoms with van der Waals surface area (Å²) in [4.78, 5) is 12.6. The van der Waals surface area contributed by atoms with Gasteiger partial charge in [-0.05, 0) is 61.2 Å². The first kappa shape index (κ1) is 18.9. The van der Waals surface area contributed by atoms with Crippen molar-refractivity contribution in [1.29, 1.82) is 0 Å². The zero-order chi connectivity index (χ0) is 20.8. The number of amides is 1. The molecule has 1 aromatic heterocycles. The first-order valence-corrected chi connectivity index (χ1v) is 9.05. The quantitative estimate of drug-likeness (QED) is 0.660. The minimum absolute atomic E-state index is 0.0101. The number of aryl methyl sites for hydroxylation is 3. The topological polar surface area (TPSA) is 73.6 Å². The Hall–Kier alpha value is -3.42. The fraction of sp³-hybridized carbons (Fsp3) is 0.238. The van der Waals surface area contributed by atoms with Gasteiger partial charge in [-0.3, -0.25) is 4.79 Å². The van der Waals surface area contributed by atoms with Crippen molar-refractivity contribution in [3.63, 3.8) is 0 Å². The molecular formula is C21H18F2N2O4. The lowest BCUT2D eigenvalue weighted by Crippen LogP contribution is -2.25. The zero-order valence-corrected chi connectivity index (χ0v) is 16.0. The van der Waals surface area contributed by atoms with Crippen LogP contribution in [0, 0.1) is 13.8 Å². The molecule has 3 aromatic rings. The Bertz CT molecular complexity index is 1090. The second-order valence-corrected chi connectivity index (χ2v) is 6.73. The van der Waals surface area contributed by atoms with E-state index in [2.05, 4.69) is 19.9 Å². The Balaban J connectivity index is 1.56. The van der Waals surface area contributed by atoms with E-state index < -0.39 is 6.29 Å². The maximum atomic E-state index is 13.3. The summed E-state index contributed by atoms with van der Waals surface area (Å²) in [5, 5.41) is 6.71. The van der Waals surface area contributed by atoms with Crippen molar-refractivity contribution in [2.75, 3.05) is 5.32 Å². The molecule has 0 bridgehead atoms. The SMILES string of the molecule is CCc1noc(C)c1C(=O)Nc1ccc(-c2cc3c(cc2C)OC(F)(F)O3)cc1. The van der Waals surface area contributed by atoms with Crippen LogP contribution in [0.1, 0.15) is 34.3 Å². The van der Waals surface area contributed by atoms with E-state index in [1.54, 1.807) is 38.1 Å². The van der Waals surface area contributed by atoms with E-state index in [1.165, 1.54) is 12.1 Å². The van der Waals surface area contributed by atoms with Crippen LogP contribution in [-0.2, 0) is 6.42 Å². The van der Waals surface area contributed by atoms with Crippen molar-refractivity contribution < 1.29 is 27.6 Å². The number of nitrogens with one attached hydrogen (secondary N) is 1. The van der Waals surface area contributed by atoms with Gasteiger partial charge in [-0.15, -0.1) is 8.78 Å². The number of halogens is 2. The van der Waals surface area contributed by atoms with Gasteiger partial charge in [-0.2, -0.15) is 0 Å². The summed E-state index contributed by atoms with van der Waals surface area (Å²) in [5.74, 6) is 0.164. The van der Waals surface area contributed by atoms with Crippen molar-refractivity contribution in [2.45, 2.75) is 33.5 Å². The number of hydrogen-bond donors (Lipinski definition) is 1. The van der Waals surface area contributed by atoms with Gasteiger partial charge in [-0.1, -0.05) is 24.2 Å². The summed E-state index contributed by atoms with van der Waals surface area (Å²) in [6.07, 6.45) is -3.07. The Morgan fingerprint density at radius 3 is 2.41 bits per heavy atom. The highest BCUT2D eigenvalue weighted by atomic mass is 19.3. The predicted octanol–water partition coefficient (Wildman–Crippen LogP) is 5.09. The van der Waals surface area contributed by atoms with Gasteiger partial charge in [0.05, 0.1) is 5.69 Å². The largest absolute Gasteiger partial charge is 0.586 e. The van der Waals surface area contributed by atoms with Gasteiger partial charge < -0.3 is 19.3 Å². The predicted molar refractivity (Wildman–Crippen MR) is 101 cm³/mol. The molecule has 0 radical (unpaired) electrons. The molecule has 0 unspecified atom stereocenters. The van der Waals surface area contributed by atoms with Crippen LogP contribution in [-0.4, -0.2) is 17.4 Å². The van der Waals surface area contributed by atoms with Crippen molar-refractivity contribution in [2.24, 2.45) is 0 Å². The van der Waals surface area contributed by atoms with Gasteiger partial charge in [0.1, 0.15) is 11.3 Å². The molecule has 0 atom stereocenters. The first-order valence-electron chi connectivity index (χ1n) is 9.05. The van der Waals surface area contributed by atoms with E-state index in [0.29, 0.717) is 29.1 Å². The molecular weight excluding hydrogens is 382 g/mol. The lowest BCUT2D eigenvalue weighted by Gasteiger charge is -2.10. The monoisotopic (exact) mass is 400 g/mol. The minimum atomic E-state index is -3.65. The summed E-state index contributed by atoms with van der Waals surface area (Å²) >= 11 is 0. The highest BCUT2D eigenvalue weighted by Crippen LogP contribution is 2.44. The molecule has 0 spiro atoms. The van der Waals surface area contributed by atoms with Crippen molar-refractivity contribution >= 4 is 11.6 Å². The van der Waals surface area contributed by atoms with Crippen LogP contribution in [0.25, 0.3) is 11.1 Å². The van der Waals surface area contributed by atoms with Crippen LogP contribution in [0.15, 0.2) is 40.9 Å². The fourth-order valence-corrected chi connectivity index (χ4v) is 3.29. The van der Waals surface area contributed by atoms with Crippen molar-refractivity contribution in [3.05, 3.63) is 59.0 Å². The Morgan fingerprint density at radius 1 is 1.10 bits per heavy atom. The van der Waals surface area contributed by atoms with Crippen LogP contribution in [0.3, 0.4) is 0 Å². The third kappa shape index (κ3) is 3.53. The maximum Gasteiger partial charge on any atom is 0.586 e. The van der Waals surface area contributed by atoms with Crippen molar-refractivity contribution in [3.8, 4) is 22.6 Å². The number of anilines is 1. The Morgan fingerprint density at radius 2 is 1.76 bits per heavy atom. The molecule has 0 saturated heterocycles. The number of ether oxygens (including phenoxy) is 2. The van der Waals surface area contributed by atoms with Crippen LogP contribution < -0.4 is 14.8 Å². The summed E-state index contributed by atoms with van der Waals surface area (Å²) < 4.78 is 40.7. The third-order valence-corrected chi connectivity index (χ3v) is 4.70. The van der Waals surface area contributed by atoms with Gasteiger partial charge in [0.25, 0.3) is 5.91 Å². The first-order chi connectivity index (χ1) is 13.8. The maximum absolute atomic E-state index is 13.3. The number of carbonyl (C=O) groups excluding carboxylic acids is 1. The lowest BCUT2D eigenvalue weighted by molar-refractivity contribution is -0.286. The number of fused-ring (bicyclic) bond motifs is 1. The van der Waals surface area contributed by atoms with Crippen LogP contribution in [0.2, 0.25) is 0 Å². The lowest BCUT2D eigenvalue weighted by atomic mass is 9.99. The number of rotatable bonds is 4. The van der Waals surface area contributed by atoms with E-state index >= 15 is 0 Å². The number of hydrogen-bond acceptors (Lipinski definition) is 5. The second-order valence-electron chi connectivity index (χ2n) is 6.73. The zero-order valence-electron chi connectivity index (χ0n) is 16.0. The molecule has 0 fully saturated rings. The number of benzene rings is 2. The molecule has 150 valence electrons. The molecule has 1 aliphatic heterocycles. The van der Waals surface area contributed by atoms with Gasteiger partial charge in [0.15, 0.2) is 11.5 Å². The highest BCUT2D eigenvalue weighted by Gasteiger charge is 2.43. The molecule has 8 heteroatoms. The summed E-state index contributed by atoms with van der Waals surface area (Å²) in [5.41, 5.74) is 3.90. The van der Waals surface area contributed by atoms with Gasteiger partial charge >= 0.3 is 6.29 Å².